The van der Waals surface area contributed by atoms with Gasteiger partial charge in [0.1, 0.15) is 35.0 Å². The summed E-state index contributed by atoms with van der Waals surface area (Å²) in [6.07, 6.45) is 33.0. The third kappa shape index (κ3) is 17.2. The van der Waals surface area contributed by atoms with E-state index in [2.05, 4.69) is 116 Å². The van der Waals surface area contributed by atoms with Crippen molar-refractivity contribution in [2.45, 2.75) is 202 Å². The zero-order valence-electron chi connectivity index (χ0n) is 53.6. The number of aromatic hydroxyl groups is 2. The van der Waals surface area contributed by atoms with Gasteiger partial charge in [-0.2, -0.15) is 0 Å². The Morgan fingerprint density at radius 3 is 1.97 bits per heavy atom. The molecule has 0 amide bonds. The van der Waals surface area contributed by atoms with Crippen LogP contribution in [0.2, 0.25) is 0 Å². The van der Waals surface area contributed by atoms with E-state index in [1.165, 1.54) is 144 Å². The van der Waals surface area contributed by atoms with E-state index in [9.17, 15) is 10.2 Å². The molecule has 4 aliphatic rings. The van der Waals surface area contributed by atoms with Crippen molar-refractivity contribution in [3.63, 3.8) is 0 Å². The summed E-state index contributed by atoms with van der Waals surface area (Å²) in [4.78, 5) is 17.8. The second kappa shape index (κ2) is 32.0. The van der Waals surface area contributed by atoms with Gasteiger partial charge in [-0.1, -0.05) is 137 Å². The molecule has 2 unspecified atom stereocenters. The molecule has 4 radical (unpaired) electrons. The topological polar surface area (TPSA) is 154 Å². The molecule has 4 saturated carbocycles. The summed E-state index contributed by atoms with van der Waals surface area (Å²) < 4.78 is 14.5. The van der Waals surface area contributed by atoms with Crippen molar-refractivity contribution in [3.05, 3.63) is 162 Å². The van der Waals surface area contributed by atoms with Crippen molar-refractivity contribution in [2.75, 3.05) is 0 Å². The summed E-state index contributed by atoms with van der Waals surface area (Å²) in [6, 6.07) is 33.5. The molecule has 0 spiro atoms. The molecule has 484 valence electrons. The second-order valence-electron chi connectivity index (χ2n) is 26.3. The number of aromatic nitrogens is 8. The fourth-order valence-corrected chi connectivity index (χ4v) is 14.4. The van der Waals surface area contributed by atoms with E-state index in [0.29, 0.717) is 45.4 Å². The molecule has 12 nitrogen and oxygen atoms in total. The molecule has 2 N–H and O–H groups in total. The van der Waals surface area contributed by atoms with E-state index < -0.39 is 0 Å². The van der Waals surface area contributed by atoms with Crippen LogP contribution in [0.4, 0.5) is 0 Å². The molecule has 89 heavy (non-hydrogen) atoms. The van der Waals surface area contributed by atoms with Gasteiger partial charge in [0.15, 0.2) is 5.89 Å². The normalized spacial score (nSPS) is 17.3. The number of phenolic OH excluding ortho intramolecular Hbond substituents is 2. The average molecular weight is 1650 g/mol. The first-order chi connectivity index (χ1) is 40.9. The molecule has 4 aliphatic carbocycles. The van der Waals surface area contributed by atoms with Gasteiger partial charge in [0.2, 0.25) is 5.89 Å². The van der Waals surface area contributed by atoms with E-state index in [0.717, 1.165) is 57.4 Å². The van der Waals surface area contributed by atoms with Crippen molar-refractivity contribution in [2.24, 2.45) is 23.3 Å². The van der Waals surface area contributed by atoms with Crippen molar-refractivity contribution < 1.29 is 92.8 Å². The van der Waals surface area contributed by atoms with Crippen LogP contribution in [0.25, 0.3) is 50.8 Å². The van der Waals surface area contributed by atoms with E-state index >= 15 is 0 Å². The SMILES string of the molecule is CC(c1ccnc(-n2[c-]c3ccccc3n2)c1)C1(C)CCCCC1.CC1(c2ccc(O)c(-c3ncco3)c2)CCCC1.CCC1(C(C)c2ccc(O)c(-c3nc(C)oc3C)c2)CCCC1.Cc1cc[c-]c(-c2nc(CC3(C)CCCC3)n(C)n2)c1.[Co].[Co].[Ir].[Ir]. The molecule has 0 aliphatic heterocycles. The van der Waals surface area contributed by atoms with Gasteiger partial charge in [-0.15, -0.1) is 52.9 Å². The molecular formula is C73H90Co2Ir2N8O4-2. The fourth-order valence-electron chi connectivity index (χ4n) is 14.4. The predicted octanol–water partition coefficient (Wildman–Crippen LogP) is 18.6. The Kier molecular flexibility index (Phi) is 26.3. The molecular weight excluding hydrogens is 1560 g/mol. The van der Waals surface area contributed by atoms with Crippen molar-refractivity contribution in [3.8, 4) is 51.4 Å². The molecule has 9 aromatic rings. The minimum atomic E-state index is 0. The Bertz CT molecular complexity index is 3630. The van der Waals surface area contributed by atoms with Crippen LogP contribution in [0.1, 0.15) is 209 Å². The summed E-state index contributed by atoms with van der Waals surface area (Å²) in [6.45, 7) is 20.0. The van der Waals surface area contributed by atoms with Crippen molar-refractivity contribution in [1.29, 1.82) is 0 Å². The number of rotatable bonds is 12. The third-order valence-electron chi connectivity index (χ3n) is 20.3. The van der Waals surface area contributed by atoms with Crippen LogP contribution >= 0.6 is 0 Å². The molecule has 0 bridgehead atoms. The Morgan fingerprint density at radius 2 is 1.31 bits per heavy atom. The van der Waals surface area contributed by atoms with E-state index in [4.69, 9.17) is 13.8 Å². The standard InChI is InChI=1S/C21H24N3.C20H27NO2.C17H22N3.C15H17NO2.2Co.2Ir/c1-16(21(2)11-6-3-7-12-21)17-10-13-22-20(14-17)24-15-18-8-4-5-9-19(18)23-24;1-5-20(10-6-7-11-20)13(2)16-8-9-18(22)17(12-16)19-14(3)23-15(4)21-19;1-13-7-6-8-14(11-13)16-18-15(20(3)19-16)12-17(2)9-4-5-10-17;1-15(6-2-3-7-15)11-4-5-13(17)12(10-11)14-16-8-9-18-14;;;;/h4-5,8-10,13-14,16H,3,6-7,11-12H2,1-2H3;8-9,12-13,22H,5-7,10-11H2,1-4H3;6-7,11H,4-5,9-10,12H2,1-3H3;4-5,8-10,17H,2-3,6-7H2,1H3;;;;/q-1;;-1;;;;;. The van der Waals surface area contributed by atoms with Crippen LogP contribution in [0.3, 0.4) is 0 Å². The van der Waals surface area contributed by atoms with Gasteiger partial charge in [-0.25, -0.2) is 20.2 Å². The minimum Gasteiger partial charge on any atom is -0.507 e. The van der Waals surface area contributed by atoms with E-state index in [1.54, 1.807) is 16.9 Å². The molecule has 0 saturated heterocycles. The minimum absolute atomic E-state index is 0. The Labute approximate surface area is 576 Å². The molecule has 13 rings (SSSR count). The number of nitrogens with zero attached hydrogens (tertiary/aromatic N) is 8. The molecule has 16 heteroatoms. The van der Waals surface area contributed by atoms with Gasteiger partial charge in [0, 0.05) is 111 Å². The molecule has 2 atom stereocenters. The summed E-state index contributed by atoms with van der Waals surface area (Å²) in [5.74, 6) is 6.15. The first kappa shape index (κ1) is 73.0. The van der Waals surface area contributed by atoms with Crippen molar-refractivity contribution >= 4 is 10.9 Å². The quantitative estimate of drug-likeness (QED) is 0.113. The van der Waals surface area contributed by atoms with Crippen LogP contribution in [0, 0.1) is 49.3 Å². The summed E-state index contributed by atoms with van der Waals surface area (Å²) in [7, 11) is 2.00. The molecule has 5 heterocycles. The maximum absolute atomic E-state index is 10.3. The number of oxazole rings is 2. The number of phenols is 2. The number of benzene rings is 4. The number of hydrogen-bond donors (Lipinski definition) is 2. The molecule has 5 aromatic heterocycles. The smallest absolute Gasteiger partial charge is 0.229 e. The summed E-state index contributed by atoms with van der Waals surface area (Å²) in [5.41, 5.74) is 10.8. The van der Waals surface area contributed by atoms with Gasteiger partial charge in [-0.3, -0.25) is 14.6 Å². The van der Waals surface area contributed by atoms with Gasteiger partial charge in [0.25, 0.3) is 0 Å². The third-order valence-corrected chi connectivity index (χ3v) is 20.3. The Hall–Kier alpha value is -5.03. The number of fused-ring (bicyclic) bond motifs is 1. The Balaban J connectivity index is 0.000000187. The van der Waals surface area contributed by atoms with Gasteiger partial charge >= 0.3 is 0 Å². The van der Waals surface area contributed by atoms with Crippen molar-refractivity contribution in [1.82, 2.24) is 39.5 Å². The number of pyridine rings is 1. The zero-order chi connectivity index (χ0) is 59.9. The van der Waals surface area contributed by atoms with Crippen LogP contribution < -0.4 is 0 Å². The number of hydrogen-bond acceptors (Lipinski definition) is 10. The van der Waals surface area contributed by atoms with Crippen LogP contribution in [-0.2, 0) is 92.7 Å². The van der Waals surface area contributed by atoms with Crippen LogP contribution in [-0.4, -0.2) is 49.7 Å². The second-order valence-corrected chi connectivity index (χ2v) is 26.3. The zero-order valence-corrected chi connectivity index (χ0v) is 60.5. The maximum Gasteiger partial charge on any atom is 0.229 e. The van der Waals surface area contributed by atoms with Crippen LogP contribution in [0.5, 0.6) is 11.5 Å². The summed E-state index contributed by atoms with van der Waals surface area (Å²) >= 11 is 0. The Morgan fingerprint density at radius 1 is 0.663 bits per heavy atom. The van der Waals surface area contributed by atoms with E-state index in [1.807, 2.05) is 86.4 Å². The molecule has 4 fully saturated rings. The summed E-state index contributed by atoms with van der Waals surface area (Å²) in [5, 5.41) is 30.4. The predicted molar refractivity (Wildman–Crippen MR) is 340 cm³/mol. The first-order valence-corrected chi connectivity index (χ1v) is 31.6. The molecule has 4 aromatic carbocycles. The number of aryl methyl sites for hydroxylation is 4. The maximum atomic E-state index is 10.3. The first-order valence-electron chi connectivity index (χ1n) is 31.6. The van der Waals surface area contributed by atoms with Gasteiger partial charge in [0.05, 0.1) is 23.4 Å². The largest absolute Gasteiger partial charge is 0.507 e. The van der Waals surface area contributed by atoms with Gasteiger partial charge < -0.3 is 23.7 Å². The van der Waals surface area contributed by atoms with Gasteiger partial charge in [-0.05, 0) is 151 Å². The van der Waals surface area contributed by atoms with Crippen LogP contribution in [0.15, 0.2) is 118 Å². The average Bonchev–Trinajstić information content (AvgIpc) is 3.05. The van der Waals surface area contributed by atoms with E-state index in [-0.39, 0.29) is 90.7 Å². The fraction of sp³-hybridized carbons (Fsp3) is 0.479. The monoisotopic (exact) mass is 1650 g/mol.